The third-order valence-electron chi connectivity index (χ3n) is 2.67. The van der Waals surface area contributed by atoms with E-state index >= 15 is 0 Å². The minimum Gasteiger partial charge on any atom is -0.487 e. The second-order valence-corrected chi connectivity index (χ2v) is 4.71. The van der Waals surface area contributed by atoms with Gasteiger partial charge in [-0.15, -0.1) is 0 Å². The number of hydrogen-bond acceptors (Lipinski definition) is 3. The van der Waals surface area contributed by atoms with Crippen molar-refractivity contribution in [1.82, 2.24) is 9.78 Å². The van der Waals surface area contributed by atoms with E-state index < -0.39 is 0 Å². The van der Waals surface area contributed by atoms with E-state index in [9.17, 15) is 4.79 Å². The lowest BCUT2D eigenvalue weighted by atomic mass is 10.2. The van der Waals surface area contributed by atoms with Crippen LogP contribution in [0, 0.1) is 6.92 Å². The van der Waals surface area contributed by atoms with Crippen molar-refractivity contribution in [3.05, 3.63) is 45.7 Å². The van der Waals surface area contributed by atoms with E-state index in [1.165, 1.54) is 0 Å². The summed E-state index contributed by atoms with van der Waals surface area (Å²) in [5, 5.41) is 4.29. The summed E-state index contributed by atoms with van der Waals surface area (Å²) in [6.07, 6.45) is 0.791. The van der Waals surface area contributed by atoms with Crippen molar-refractivity contribution >= 4 is 22.2 Å². The zero-order valence-corrected chi connectivity index (χ0v) is 11.8. The fourth-order valence-corrected chi connectivity index (χ4v) is 2.14. The number of hydrogen-bond donors (Lipinski definition) is 0. The van der Waals surface area contributed by atoms with Gasteiger partial charge in [0, 0.05) is 7.05 Å². The molecule has 0 amide bonds. The van der Waals surface area contributed by atoms with Crippen LogP contribution in [0.15, 0.2) is 28.7 Å². The molecule has 0 bridgehead atoms. The average Bonchev–Trinajstić information content (AvgIpc) is 2.62. The highest BCUT2D eigenvalue weighted by Gasteiger charge is 2.11. The van der Waals surface area contributed by atoms with Crippen molar-refractivity contribution in [2.75, 3.05) is 0 Å². The molecule has 2 rings (SSSR count). The number of carbonyl (C=O) groups is 1. The lowest BCUT2D eigenvalue weighted by molar-refractivity contribution is 0.111. The molecule has 0 saturated heterocycles. The molecule has 1 heterocycles. The Bertz CT molecular complexity index is 578. The zero-order valence-electron chi connectivity index (χ0n) is 10.2. The Kier molecular flexibility index (Phi) is 3.81. The van der Waals surface area contributed by atoms with Crippen LogP contribution in [0.5, 0.6) is 5.75 Å². The third kappa shape index (κ3) is 2.46. The van der Waals surface area contributed by atoms with Crippen LogP contribution in [0.2, 0.25) is 0 Å². The van der Waals surface area contributed by atoms with Crippen LogP contribution in [0.3, 0.4) is 0 Å². The number of carbonyl (C=O) groups excluding carboxylic acids is 1. The summed E-state index contributed by atoms with van der Waals surface area (Å²) in [7, 11) is 1.86. The first kappa shape index (κ1) is 12.8. The predicted octanol–water partition coefficient (Wildman–Crippen LogP) is 2.88. The predicted molar refractivity (Wildman–Crippen MR) is 71.8 cm³/mol. The van der Waals surface area contributed by atoms with Gasteiger partial charge < -0.3 is 4.74 Å². The molecule has 0 spiro atoms. The standard InChI is InChI=1S/C13H13BrN2O2/c1-9-13(14)11(16(2)15-9)8-18-12-6-4-3-5-10(12)7-17/h3-7H,8H2,1-2H3. The Hall–Kier alpha value is -1.62. The topological polar surface area (TPSA) is 44.1 Å². The van der Waals surface area contributed by atoms with E-state index in [1.807, 2.05) is 20.0 Å². The molecule has 94 valence electrons. The van der Waals surface area contributed by atoms with Gasteiger partial charge in [0.1, 0.15) is 12.4 Å². The minimum atomic E-state index is 0.364. The molecular weight excluding hydrogens is 296 g/mol. The normalized spacial score (nSPS) is 10.4. The molecule has 2 aromatic rings. The van der Waals surface area contributed by atoms with Gasteiger partial charge in [0.2, 0.25) is 0 Å². The largest absolute Gasteiger partial charge is 0.487 e. The van der Waals surface area contributed by atoms with Crippen molar-refractivity contribution in [2.45, 2.75) is 13.5 Å². The number of ether oxygens (including phenoxy) is 1. The Labute approximate surface area is 114 Å². The Morgan fingerprint density at radius 2 is 2.17 bits per heavy atom. The lowest BCUT2D eigenvalue weighted by Crippen LogP contribution is -2.04. The van der Waals surface area contributed by atoms with Gasteiger partial charge in [0.25, 0.3) is 0 Å². The van der Waals surface area contributed by atoms with E-state index in [1.54, 1.807) is 22.9 Å². The SMILES string of the molecule is Cc1nn(C)c(COc2ccccc2C=O)c1Br. The molecule has 0 radical (unpaired) electrons. The van der Waals surface area contributed by atoms with Crippen LogP contribution >= 0.6 is 15.9 Å². The van der Waals surface area contributed by atoms with E-state index in [2.05, 4.69) is 21.0 Å². The molecule has 0 N–H and O–H groups in total. The highest BCUT2D eigenvalue weighted by molar-refractivity contribution is 9.10. The molecule has 4 nitrogen and oxygen atoms in total. The molecule has 18 heavy (non-hydrogen) atoms. The second kappa shape index (κ2) is 5.35. The molecule has 0 atom stereocenters. The number of para-hydroxylation sites is 1. The number of aldehydes is 1. The molecule has 0 unspecified atom stereocenters. The second-order valence-electron chi connectivity index (χ2n) is 3.91. The maximum absolute atomic E-state index is 10.9. The number of aromatic nitrogens is 2. The highest BCUT2D eigenvalue weighted by Crippen LogP contribution is 2.23. The van der Waals surface area contributed by atoms with Gasteiger partial charge in [-0.05, 0) is 35.0 Å². The van der Waals surface area contributed by atoms with Crippen LogP contribution in [0.4, 0.5) is 0 Å². The Morgan fingerprint density at radius 3 is 2.78 bits per heavy atom. The number of halogens is 1. The summed E-state index contributed by atoms with van der Waals surface area (Å²) in [5.41, 5.74) is 2.40. The number of nitrogens with zero attached hydrogens (tertiary/aromatic N) is 2. The monoisotopic (exact) mass is 308 g/mol. The van der Waals surface area contributed by atoms with Gasteiger partial charge in [0.05, 0.1) is 21.4 Å². The molecule has 0 aliphatic heterocycles. The highest BCUT2D eigenvalue weighted by atomic mass is 79.9. The minimum absolute atomic E-state index is 0.364. The number of benzene rings is 1. The smallest absolute Gasteiger partial charge is 0.153 e. The zero-order chi connectivity index (χ0) is 13.1. The Balaban J connectivity index is 2.19. The summed E-state index contributed by atoms with van der Waals surface area (Å²) in [6.45, 7) is 2.29. The van der Waals surface area contributed by atoms with Crippen LogP contribution in [-0.4, -0.2) is 16.1 Å². The summed E-state index contributed by atoms with van der Waals surface area (Å²) in [5.74, 6) is 0.582. The summed E-state index contributed by atoms with van der Waals surface area (Å²) < 4.78 is 8.37. The first-order valence-corrected chi connectivity index (χ1v) is 6.27. The maximum Gasteiger partial charge on any atom is 0.153 e. The van der Waals surface area contributed by atoms with E-state index in [-0.39, 0.29) is 0 Å². The maximum atomic E-state index is 10.9. The van der Waals surface area contributed by atoms with Crippen molar-refractivity contribution in [1.29, 1.82) is 0 Å². The van der Waals surface area contributed by atoms with Crippen LogP contribution in [0.25, 0.3) is 0 Å². The van der Waals surface area contributed by atoms with Gasteiger partial charge in [0.15, 0.2) is 6.29 Å². The summed E-state index contributed by atoms with van der Waals surface area (Å²) >= 11 is 3.48. The van der Waals surface area contributed by atoms with Gasteiger partial charge in [-0.25, -0.2) is 0 Å². The molecule has 0 saturated carbocycles. The van der Waals surface area contributed by atoms with Gasteiger partial charge >= 0.3 is 0 Å². The first-order valence-electron chi connectivity index (χ1n) is 5.48. The average molecular weight is 309 g/mol. The molecule has 5 heteroatoms. The van der Waals surface area contributed by atoms with Crippen molar-refractivity contribution in [3.8, 4) is 5.75 Å². The van der Waals surface area contributed by atoms with Gasteiger partial charge in [-0.1, -0.05) is 12.1 Å². The van der Waals surface area contributed by atoms with E-state index in [0.717, 1.165) is 22.1 Å². The summed E-state index contributed by atoms with van der Waals surface area (Å²) in [4.78, 5) is 10.9. The molecule has 1 aromatic carbocycles. The van der Waals surface area contributed by atoms with Gasteiger partial charge in [-0.2, -0.15) is 5.10 Å². The van der Waals surface area contributed by atoms with Crippen molar-refractivity contribution < 1.29 is 9.53 Å². The molecule has 1 aromatic heterocycles. The molecule has 0 fully saturated rings. The molecular formula is C13H13BrN2O2. The van der Waals surface area contributed by atoms with E-state index in [4.69, 9.17) is 4.74 Å². The van der Waals surface area contributed by atoms with Gasteiger partial charge in [-0.3, -0.25) is 9.48 Å². The Morgan fingerprint density at radius 1 is 1.44 bits per heavy atom. The number of aryl methyl sites for hydroxylation is 2. The molecule has 0 aliphatic rings. The van der Waals surface area contributed by atoms with Crippen molar-refractivity contribution in [2.24, 2.45) is 7.05 Å². The fraction of sp³-hybridized carbons (Fsp3) is 0.231. The van der Waals surface area contributed by atoms with Crippen LogP contribution in [0.1, 0.15) is 21.7 Å². The molecule has 0 aliphatic carbocycles. The van der Waals surface area contributed by atoms with Crippen LogP contribution in [-0.2, 0) is 13.7 Å². The third-order valence-corrected chi connectivity index (χ3v) is 3.70. The number of rotatable bonds is 4. The lowest BCUT2D eigenvalue weighted by Gasteiger charge is -2.08. The first-order chi connectivity index (χ1) is 8.63. The summed E-state index contributed by atoms with van der Waals surface area (Å²) in [6, 6.07) is 7.15. The van der Waals surface area contributed by atoms with Crippen LogP contribution < -0.4 is 4.74 Å². The fourth-order valence-electron chi connectivity index (χ4n) is 1.69. The van der Waals surface area contributed by atoms with E-state index in [0.29, 0.717) is 17.9 Å². The van der Waals surface area contributed by atoms with Crippen molar-refractivity contribution in [3.63, 3.8) is 0 Å². The quantitative estimate of drug-likeness (QED) is 0.816.